The minimum Gasteiger partial charge on any atom is -0.507 e. The summed E-state index contributed by atoms with van der Waals surface area (Å²) in [6.07, 6.45) is 21.4. The second-order valence-electron chi connectivity index (χ2n) is 9.85. The maximum Gasteiger partial charge on any atom is 0.281 e. The van der Waals surface area contributed by atoms with Crippen LogP contribution < -0.4 is 0 Å². The van der Waals surface area contributed by atoms with Gasteiger partial charge in [0, 0.05) is 6.54 Å². The number of hydroxylamine groups is 2. The summed E-state index contributed by atoms with van der Waals surface area (Å²) in [6, 6.07) is 11.1. The van der Waals surface area contributed by atoms with Gasteiger partial charge >= 0.3 is 0 Å². The average Bonchev–Trinajstić information content (AvgIpc) is 2.87. The lowest BCUT2D eigenvalue weighted by molar-refractivity contribution is -0.121. The lowest BCUT2D eigenvalue weighted by Crippen LogP contribution is -2.31. The molecule has 0 radical (unpaired) electrons. The fourth-order valence-corrected chi connectivity index (χ4v) is 4.65. The number of phenols is 1. The van der Waals surface area contributed by atoms with Gasteiger partial charge in [-0.3, -0.25) is 9.63 Å². The van der Waals surface area contributed by atoms with Gasteiger partial charge in [-0.2, -0.15) is 0 Å². The molecule has 1 N–H and O–H groups in total. The fourth-order valence-electron chi connectivity index (χ4n) is 4.65. The van der Waals surface area contributed by atoms with Gasteiger partial charge in [0.15, 0.2) is 0 Å². The van der Waals surface area contributed by atoms with E-state index in [9.17, 15) is 9.90 Å². The molecule has 0 aliphatic heterocycles. The quantitative estimate of drug-likeness (QED) is 0.151. The van der Waals surface area contributed by atoms with Crippen molar-refractivity contribution in [2.75, 3.05) is 13.2 Å². The van der Waals surface area contributed by atoms with Crippen LogP contribution in [0.3, 0.4) is 0 Å². The van der Waals surface area contributed by atoms with Crippen molar-refractivity contribution in [1.82, 2.24) is 5.06 Å². The molecule has 196 valence electrons. The number of unbranched alkanes of at least 4 members (excludes halogenated alkanes) is 15. The van der Waals surface area contributed by atoms with Crippen molar-refractivity contribution in [2.24, 2.45) is 0 Å². The van der Waals surface area contributed by atoms with E-state index in [0.717, 1.165) is 23.6 Å². The topological polar surface area (TPSA) is 49.8 Å². The number of rotatable bonds is 20. The maximum absolute atomic E-state index is 12.9. The molecule has 0 heterocycles. The highest BCUT2D eigenvalue weighted by atomic mass is 16.7. The summed E-state index contributed by atoms with van der Waals surface area (Å²) >= 11 is 0. The van der Waals surface area contributed by atoms with E-state index in [1.54, 1.807) is 12.1 Å². The number of fused-ring (bicyclic) bond motifs is 1. The molecule has 0 atom stereocenters. The van der Waals surface area contributed by atoms with Crippen LogP contribution in [0.4, 0.5) is 0 Å². The standard InChI is InChI=1S/C31H49NO3/c1-3-5-6-7-8-9-10-11-12-13-14-15-16-17-18-21-24-35-32(4-2)31(34)29-25-27-22-19-20-23-28(27)26-30(29)33/h19-20,22-23,25-26,33H,3-18,21,24H2,1-2H3. The number of hydrogen-bond acceptors (Lipinski definition) is 3. The molecule has 0 saturated carbocycles. The molecule has 0 aliphatic rings. The van der Waals surface area contributed by atoms with Crippen molar-refractivity contribution in [3.05, 3.63) is 42.0 Å². The third kappa shape index (κ3) is 11.5. The van der Waals surface area contributed by atoms with Crippen LogP contribution in [0, 0.1) is 0 Å². The second-order valence-corrected chi connectivity index (χ2v) is 9.85. The Morgan fingerprint density at radius 2 is 1.17 bits per heavy atom. The average molecular weight is 484 g/mol. The normalized spacial score (nSPS) is 11.3. The van der Waals surface area contributed by atoms with Crippen LogP contribution in [0.2, 0.25) is 0 Å². The molecule has 35 heavy (non-hydrogen) atoms. The number of amides is 1. The van der Waals surface area contributed by atoms with Gasteiger partial charge in [-0.25, -0.2) is 5.06 Å². The van der Waals surface area contributed by atoms with Crippen molar-refractivity contribution in [3.63, 3.8) is 0 Å². The summed E-state index contributed by atoms with van der Waals surface area (Å²) in [5.41, 5.74) is 0.289. The molecule has 2 rings (SSSR count). The molecule has 4 nitrogen and oxygen atoms in total. The van der Waals surface area contributed by atoms with Crippen LogP contribution in [-0.4, -0.2) is 29.2 Å². The van der Waals surface area contributed by atoms with Crippen molar-refractivity contribution in [2.45, 2.75) is 117 Å². The lowest BCUT2D eigenvalue weighted by Gasteiger charge is -2.21. The number of hydrogen-bond donors (Lipinski definition) is 1. The highest BCUT2D eigenvalue weighted by Gasteiger charge is 2.19. The highest BCUT2D eigenvalue weighted by molar-refractivity contribution is 6.01. The summed E-state index contributed by atoms with van der Waals surface area (Å²) in [6.45, 7) is 5.15. The van der Waals surface area contributed by atoms with E-state index in [4.69, 9.17) is 4.84 Å². The minimum absolute atomic E-state index is 0.00170. The van der Waals surface area contributed by atoms with Gasteiger partial charge in [0.25, 0.3) is 5.91 Å². The number of carbonyl (C=O) groups is 1. The number of nitrogens with zero attached hydrogens (tertiary/aromatic N) is 1. The van der Waals surface area contributed by atoms with E-state index in [1.165, 1.54) is 95.0 Å². The SMILES string of the molecule is CCCCCCCCCCCCCCCCCCON(CC)C(=O)c1cc2ccccc2cc1O. The van der Waals surface area contributed by atoms with Gasteiger partial charge < -0.3 is 5.11 Å². The first-order chi connectivity index (χ1) is 17.2. The van der Waals surface area contributed by atoms with Crippen molar-refractivity contribution in [3.8, 4) is 5.75 Å². The number of benzene rings is 2. The van der Waals surface area contributed by atoms with Crippen LogP contribution >= 0.6 is 0 Å². The first-order valence-corrected chi connectivity index (χ1v) is 14.3. The molecule has 2 aromatic rings. The molecule has 2 aromatic carbocycles. The van der Waals surface area contributed by atoms with Crippen LogP contribution in [0.15, 0.2) is 36.4 Å². The Morgan fingerprint density at radius 3 is 1.66 bits per heavy atom. The fraction of sp³-hybridized carbons (Fsp3) is 0.645. The molecule has 0 fully saturated rings. The molecule has 0 bridgehead atoms. The molecule has 0 aromatic heterocycles. The zero-order valence-electron chi connectivity index (χ0n) is 22.4. The first-order valence-electron chi connectivity index (χ1n) is 14.3. The van der Waals surface area contributed by atoms with Gasteiger partial charge in [0.05, 0.1) is 12.2 Å². The summed E-state index contributed by atoms with van der Waals surface area (Å²) in [5, 5.41) is 13.6. The van der Waals surface area contributed by atoms with E-state index >= 15 is 0 Å². The van der Waals surface area contributed by atoms with Crippen molar-refractivity contribution < 1.29 is 14.7 Å². The summed E-state index contributed by atoms with van der Waals surface area (Å²) in [7, 11) is 0. The predicted octanol–water partition coefficient (Wildman–Crippen LogP) is 9.20. The van der Waals surface area contributed by atoms with Gasteiger partial charge in [-0.15, -0.1) is 0 Å². The number of aromatic hydroxyl groups is 1. The molecule has 0 unspecified atom stereocenters. The Morgan fingerprint density at radius 1 is 0.714 bits per heavy atom. The Labute approximate surface area is 214 Å². The monoisotopic (exact) mass is 483 g/mol. The Hall–Kier alpha value is -2.07. The molecular weight excluding hydrogens is 434 g/mol. The number of phenolic OH excluding ortho intramolecular Hbond substituents is 1. The third-order valence-electron chi connectivity index (χ3n) is 6.85. The van der Waals surface area contributed by atoms with Gasteiger partial charge in [0.2, 0.25) is 0 Å². The van der Waals surface area contributed by atoms with Crippen LogP contribution in [0.25, 0.3) is 10.8 Å². The van der Waals surface area contributed by atoms with Crippen LogP contribution in [-0.2, 0) is 4.84 Å². The van der Waals surface area contributed by atoms with E-state index in [-0.39, 0.29) is 17.2 Å². The Balaban J connectivity index is 1.49. The molecular formula is C31H49NO3. The van der Waals surface area contributed by atoms with E-state index < -0.39 is 0 Å². The largest absolute Gasteiger partial charge is 0.507 e. The van der Waals surface area contributed by atoms with E-state index in [2.05, 4.69) is 6.92 Å². The maximum atomic E-state index is 12.9. The molecule has 4 heteroatoms. The van der Waals surface area contributed by atoms with Gasteiger partial charge in [0.1, 0.15) is 5.75 Å². The summed E-state index contributed by atoms with van der Waals surface area (Å²) < 4.78 is 0. The molecule has 1 amide bonds. The van der Waals surface area contributed by atoms with Crippen molar-refractivity contribution in [1.29, 1.82) is 0 Å². The van der Waals surface area contributed by atoms with Gasteiger partial charge in [-0.05, 0) is 36.2 Å². The first kappa shape index (κ1) is 29.2. The number of carbonyl (C=O) groups excluding carboxylic acids is 1. The Kier molecular flexibility index (Phi) is 15.2. The Bertz CT molecular complexity index is 835. The molecule has 0 aliphatic carbocycles. The van der Waals surface area contributed by atoms with Crippen LogP contribution in [0.5, 0.6) is 5.75 Å². The minimum atomic E-state index is -0.285. The summed E-state index contributed by atoms with van der Waals surface area (Å²) in [5.74, 6) is -0.287. The lowest BCUT2D eigenvalue weighted by atomic mass is 10.0. The zero-order chi connectivity index (χ0) is 25.1. The molecule has 0 saturated heterocycles. The van der Waals surface area contributed by atoms with E-state index in [1.807, 2.05) is 31.2 Å². The smallest absolute Gasteiger partial charge is 0.281 e. The predicted molar refractivity (Wildman–Crippen MR) is 148 cm³/mol. The summed E-state index contributed by atoms with van der Waals surface area (Å²) in [4.78, 5) is 18.7. The highest BCUT2D eigenvalue weighted by Crippen LogP contribution is 2.26. The van der Waals surface area contributed by atoms with Crippen LogP contribution in [0.1, 0.15) is 127 Å². The van der Waals surface area contributed by atoms with E-state index in [0.29, 0.717) is 13.2 Å². The zero-order valence-corrected chi connectivity index (χ0v) is 22.4. The second kappa shape index (κ2) is 18.2. The van der Waals surface area contributed by atoms with Gasteiger partial charge in [-0.1, -0.05) is 128 Å². The molecule has 0 spiro atoms. The third-order valence-corrected chi connectivity index (χ3v) is 6.85. The van der Waals surface area contributed by atoms with Crippen molar-refractivity contribution >= 4 is 16.7 Å².